The molecule has 1 aromatic carbocycles. The van der Waals surface area contributed by atoms with Crippen molar-refractivity contribution in [3.8, 4) is 0 Å². The first-order valence-electron chi connectivity index (χ1n) is 5.74. The Bertz CT molecular complexity index is 432. The van der Waals surface area contributed by atoms with Gasteiger partial charge in [0, 0.05) is 18.7 Å². The Hall–Kier alpha value is -1.99. The van der Waals surface area contributed by atoms with E-state index < -0.39 is 16.9 Å². The van der Waals surface area contributed by atoms with E-state index >= 15 is 0 Å². The fourth-order valence-corrected chi connectivity index (χ4v) is 1.61. The number of methoxy groups -OCH3 is 1. The highest BCUT2D eigenvalue weighted by molar-refractivity contribution is 5.76. The van der Waals surface area contributed by atoms with Gasteiger partial charge in [0.05, 0.1) is 18.6 Å². The van der Waals surface area contributed by atoms with Crippen molar-refractivity contribution in [1.82, 2.24) is 5.32 Å². The van der Waals surface area contributed by atoms with Gasteiger partial charge in [-0.2, -0.15) is 0 Å². The highest BCUT2D eigenvalue weighted by Crippen LogP contribution is 2.13. The van der Waals surface area contributed by atoms with E-state index in [9.17, 15) is 14.9 Å². The van der Waals surface area contributed by atoms with Crippen molar-refractivity contribution in [2.75, 3.05) is 20.3 Å². The molecule has 0 aliphatic heterocycles. The van der Waals surface area contributed by atoms with Crippen LogP contribution in [0, 0.1) is 10.1 Å². The van der Waals surface area contributed by atoms with Crippen LogP contribution in [0.1, 0.15) is 5.56 Å². The summed E-state index contributed by atoms with van der Waals surface area (Å²) < 4.78 is 4.65. The molecule has 0 heterocycles. The van der Waals surface area contributed by atoms with Crippen molar-refractivity contribution >= 4 is 11.7 Å². The second-order valence-corrected chi connectivity index (χ2v) is 3.88. The lowest BCUT2D eigenvalue weighted by Gasteiger charge is -2.15. The van der Waals surface area contributed by atoms with Gasteiger partial charge in [-0.05, 0) is 12.0 Å². The van der Waals surface area contributed by atoms with Crippen LogP contribution in [0.5, 0.6) is 0 Å². The van der Waals surface area contributed by atoms with Gasteiger partial charge in [-0.25, -0.2) is 0 Å². The Balaban J connectivity index is 2.72. The predicted molar refractivity (Wildman–Crippen MR) is 67.7 cm³/mol. The van der Waals surface area contributed by atoms with Crippen LogP contribution in [0.4, 0.5) is 5.69 Å². The average molecular weight is 268 g/mol. The summed E-state index contributed by atoms with van der Waals surface area (Å²) >= 11 is 0. The molecule has 7 heteroatoms. The maximum absolute atomic E-state index is 11.5. The quantitative estimate of drug-likeness (QED) is 0.418. The topological polar surface area (TPSA) is 102 Å². The summed E-state index contributed by atoms with van der Waals surface area (Å²) in [6.45, 7) is 0.181. The van der Waals surface area contributed by atoms with E-state index in [1.54, 1.807) is 12.1 Å². The zero-order chi connectivity index (χ0) is 14.3. The normalized spacial score (nSPS) is 11.9. The molecule has 7 nitrogen and oxygen atoms in total. The summed E-state index contributed by atoms with van der Waals surface area (Å²) in [4.78, 5) is 21.6. The highest BCUT2D eigenvalue weighted by Gasteiger charge is 2.19. The van der Waals surface area contributed by atoms with E-state index in [2.05, 4.69) is 10.1 Å². The number of nitrogens with zero attached hydrogens (tertiary/aromatic N) is 1. The Kier molecular flexibility index (Phi) is 5.91. The van der Waals surface area contributed by atoms with Crippen molar-refractivity contribution in [2.24, 2.45) is 0 Å². The summed E-state index contributed by atoms with van der Waals surface area (Å²) in [5, 5.41) is 22.1. The van der Waals surface area contributed by atoms with E-state index in [1.165, 1.54) is 19.2 Å². The number of nitrogens with one attached hydrogen (secondary N) is 1. The first-order valence-corrected chi connectivity index (χ1v) is 5.74. The molecule has 1 atom stereocenters. The van der Waals surface area contributed by atoms with Gasteiger partial charge in [-0.3, -0.25) is 14.9 Å². The predicted octanol–water partition coefficient (Wildman–Crippen LogP) is 0.261. The summed E-state index contributed by atoms with van der Waals surface area (Å²) in [6.07, 6.45) is 0.338. The number of non-ortho nitro benzene ring substituents is 1. The van der Waals surface area contributed by atoms with Gasteiger partial charge in [0.2, 0.25) is 0 Å². The van der Waals surface area contributed by atoms with Gasteiger partial charge >= 0.3 is 5.97 Å². The lowest BCUT2D eigenvalue weighted by atomic mass is 10.1. The largest absolute Gasteiger partial charge is 0.468 e. The van der Waals surface area contributed by atoms with Crippen molar-refractivity contribution < 1.29 is 19.6 Å². The molecular formula is C12H16N2O5. The fraction of sp³-hybridized carbons (Fsp3) is 0.417. The maximum atomic E-state index is 11.5. The Morgan fingerprint density at radius 2 is 2.11 bits per heavy atom. The second-order valence-electron chi connectivity index (χ2n) is 3.88. The number of carbonyl (C=O) groups excluding carboxylic acids is 1. The van der Waals surface area contributed by atoms with Crippen molar-refractivity contribution in [1.29, 1.82) is 0 Å². The molecule has 0 unspecified atom stereocenters. The molecule has 0 amide bonds. The van der Waals surface area contributed by atoms with E-state index in [0.717, 1.165) is 5.56 Å². The number of nitro benzene ring substituents is 1. The number of ether oxygens (including phenoxy) is 1. The lowest BCUT2D eigenvalue weighted by Crippen LogP contribution is -2.40. The molecule has 0 radical (unpaired) electrons. The number of rotatable bonds is 7. The Morgan fingerprint density at radius 1 is 1.47 bits per heavy atom. The van der Waals surface area contributed by atoms with Crippen LogP contribution >= 0.6 is 0 Å². The van der Waals surface area contributed by atoms with Crippen LogP contribution in [0.15, 0.2) is 24.3 Å². The third-order valence-electron chi connectivity index (χ3n) is 2.58. The van der Waals surface area contributed by atoms with Crippen LogP contribution < -0.4 is 5.32 Å². The smallest absolute Gasteiger partial charge is 0.323 e. The standard InChI is InChI=1S/C12H16N2O5/c1-19-12(16)11(13-6-7-15)8-9-2-4-10(5-3-9)14(17)18/h2-5,11,13,15H,6-8H2,1H3/t11-/m0/s1. The molecule has 0 saturated heterocycles. The van der Waals surface area contributed by atoms with Crippen LogP contribution in [0.2, 0.25) is 0 Å². The Morgan fingerprint density at radius 3 is 2.58 bits per heavy atom. The Labute approximate surface area is 110 Å². The lowest BCUT2D eigenvalue weighted by molar-refractivity contribution is -0.384. The molecule has 1 rings (SSSR count). The highest BCUT2D eigenvalue weighted by atomic mass is 16.6. The number of benzene rings is 1. The number of esters is 1. The summed E-state index contributed by atoms with van der Waals surface area (Å²) in [7, 11) is 1.28. The van der Waals surface area contributed by atoms with E-state index in [0.29, 0.717) is 6.42 Å². The van der Waals surface area contributed by atoms with Crippen LogP contribution in [-0.4, -0.2) is 42.3 Å². The molecule has 0 fully saturated rings. The maximum Gasteiger partial charge on any atom is 0.323 e. The van der Waals surface area contributed by atoms with Gasteiger partial charge in [0.25, 0.3) is 5.69 Å². The number of hydrogen-bond acceptors (Lipinski definition) is 6. The minimum absolute atomic E-state index is 0.00156. The average Bonchev–Trinajstić information content (AvgIpc) is 2.43. The molecule has 0 spiro atoms. The van der Waals surface area contributed by atoms with E-state index in [1.807, 2.05) is 0 Å². The molecule has 19 heavy (non-hydrogen) atoms. The van der Waals surface area contributed by atoms with Gasteiger partial charge in [0.1, 0.15) is 6.04 Å². The molecule has 0 aliphatic rings. The van der Waals surface area contributed by atoms with Crippen LogP contribution in [-0.2, 0) is 16.0 Å². The minimum Gasteiger partial charge on any atom is -0.468 e. The molecule has 0 aliphatic carbocycles. The van der Waals surface area contributed by atoms with Gasteiger partial charge in [-0.15, -0.1) is 0 Å². The number of nitro groups is 1. The second kappa shape index (κ2) is 7.45. The minimum atomic E-state index is -0.585. The molecule has 1 aromatic rings. The summed E-state index contributed by atoms with van der Waals surface area (Å²) in [5.74, 6) is -0.438. The van der Waals surface area contributed by atoms with Crippen LogP contribution in [0.3, 0.4) is 0 Å². The number of carbonyl (C=O) groups is 1. The molecule has 0 saturated carbocycles. The first kappa shape index (κ1) is 15.1. The number of aliphatic hydroxyl groups excluding tert-OH is 1. The molecule has 0 aromatic heterocycles. The van der Waals surface area contributed by atoms with Crippen LogP contribution in [0.25, 0.3) is 0 Å². The molecule has 104 valence electrons. The SMILES string of the molecule is COC(=O)[C@H](Cc1ccc([N+](=O)[O-])cc1)NCCO. The number of aliphatic hydroxyl groups is 1. The summed E-state index contributed by atoms with van der Waals surface area (Å²) in [5.41, 5.74) is 0.771. The molecule has 0 bridgehead atoms. The number of hydrogen-bond donors (Lipinski definition) is 2. The third-order valence-corrected chi connectivity index (χ3v) is 2.58. The summed E-state index contributed by atoms with van der Waals surface area (Å²) in [6, 6.07) is 5.37. The van der Waals surface area contributed by atoms with Gasteiger partial charge in [-0.1, -0.05) is 12.1 Å². The van der Waals surface area contributed by atoms with Crippen molar-refractivity contribution in [3.05, 3.63) is 39.9 Å². The molecule has 2 N–H and O–H groups in total. The molecular weight excluding hydrogens is 252 g/mol. The van der Waals surface area contributed by atoms with E-state index in [-0.39, 0.29) is 18.8 Å². The first-order chi connectivity index (χ1) is 9.08. The zero-order valence-electron chi connectivity index (χ0n) is 10.5. The fourth-order valence-electron chi connectivity index (χ4n) is 1.61. The third kappa shape index (κ3) is 4.65. The van der Waals surface area contributed by atoms with Crippen molar-refractivity contribution in [3.63, 3.8) is 0 Å². The van der Waals surface area contributed by atoms with Gasteiger partial charge in [0.15, 0.2) is 0 Å². The van der Waals surface area contributed by atoms with Crippen molar-refractivity contribution in [2.45, 2.75) is 12.5 Å². The monoisotopic (exact) mass is 268 g/mol. The van der Waals surface area contributed by atoms with Gasteiger partial charge < -0.3 is 15.2 Å². The zero-order valence-corrected chi connectivity index (χ0v) is 10.5. The van der Waals surface area contributed by atoms with E-state index in [4.69, 9.17) is 5.11 Å².